The number of thiazole rings is 1. The Morgan fingerprint density at radius 2 is 2.11 bits per heavy atom. The second-order valence-corrected chi connectivity index (χ2v) is 7.11. The van der Waals surface area contributed by atoms with Crippen LogP contribution in [0.1, 0.15) is 24.8 Å². The predicted octanol–water partition coefficient (Wildman–Crippen LogP) is 2.52. The van der Waals surface area contributed by atoms with Gasteiger partial charge in [0.05, 0.1) is 22.5 Å². The zero-order valence-corrected chi connectivity index (χ0v) is 11.9. The van der Waals surface area contributed by atoms with Crippen LogP contribution in [0.2, 0.25) is 0 Å². The number of fused-ring (bicyclic) bond motifs is 1. The Labute approximate surface area is 111 Å². The molecule has 0 atom stereocenters. The molecule has 0 aliphatic heterocycles. The molecule has 0 fully saturated rings. The maximum Gasteiger partial charge on any atom is 0.211 e. The molecule has 0 saturated carbocycles. The highest BCUT2D eigenvalue weighted by Crippen LogP contribution is 2.21. The summed E-state index contributed by atoms with van der Waals surface area (Å²) in [6, 6.07) is 7.80. The fourth-order valence-electron chi connectivity index (χ4n) is 1.57. The maximum atomic E-state index is 11.6. The average molecular weight is 284 g/mol. The summed E-state index contributed by atoms with van der Waals surface area (Å²) in [4.78, 5) is 4.39. The molecular weight excluding hydrogens is 268 g/mol. The zero-order valence-electron chi connectivity index (χ0n) is 10.2. The van der Waals surface area contributed by atoms with E-state index >= 15 is 0 Å². The minimum atomic E-state index is -3.16. The van der Waals surface area contributed by atoms with Crippen molar-refractivity contribution in [2.75, 3.05) is 5.75 Å². The zero-order chi connectivity index (χ0) is 13.0. The highest BCUT2D eigenvalue weighted by atomic mass is 32.2. The molecule has 0 spiro atoms. The van der Waals surface area contributed by atoms with Crippen LogP contribution in [-0.4, -0.2) is 19.2 Å². The summed E-state index contributed by atoms with van der Waals surface area (Å²) in [6.45, 7) is 2.26. The van der Waals surface area contributed by atoms with Gasteiger partial charge in [-0.3, -0.25) is 0 Å². The maximum absolute atomic E-state index is 11.6. The molecule has 0 aliphatic carbocycles. The van der Waals surface area contributed by atoms with Crippen LogP contribution in [0.3, 0.4) is 0 Å². The average Bonchev–Trinajstić information content (AvgIpc) is 2.77. The van der Waals surface area contributed by atoms with Gasteiger partial charge in [0.25, 0.3) is 0 Å². The van der Waals surface area contributed by atoms with Gasteiger partial charge in [-0.2, -0.15) is 0 Å². The van der Waals surface area contributed by atoms with E-state index in [0.29, 0.717) is 6.42 Å². The Balaban J connectivity index is 2.01. The van der Waals surface area contributed by atoms with E-state index in [1.54, 1.807) is 0 Å². The minimum Gasteiger partial charge on any atom is -0.240 e. The van der Waals surface area contributed by atoms with Crippen LogP contribution in [0.25, 0.3) is 10.2 Å². The van der Waals surface area contributed by atoms with Crippen molar-refractivity contribution in [1.29, 1.82) is 0 Å². The standard InChI is InChI=1S/C12H16N2O2S2/c1-2-3-8-18(15,16)13-9-12-14-10-6-4-5-7-11(10)17-12/h4-7,13H,2-3,8-9H2,1H3. The quantitative estimate of drug-likeness (QED) is 0.886. The van der Waals surface area contributed by atoms with Crippen LogP contribution < -0.4 is 4.72 Å². The molecule has 1 aromatic heterocycles. The van der Waals surface area contributed by atoms with Gasteiger partial charge in [-0.05, 0) is 18.6 Å². The topological polar surface area (TPSA) is 59.1 Å². The van der Waals surface area contributed by atoms with Gasteiger partial charge >= 0.3 is 0 Å². The number of nitrogens with zero attached hydrogens (tertiary/aromatic N) is 1. The summed E-state index contributed by atoms with van der Waals surface area (Å²) in [6.07, 6.45) is 1.57. The fraction of sp³-hybridized carbons (Fsp3) is 0.417. The molecule has 1 N–H and O–H groups in total. The largest absolute Gasteiger partial charge is 0.240 e. The minimum absolute atomic E-state index is 0.189. The van der Waals surface area contributed by atoms with Crippen LogP contribution in [0.4, 0.5) is 0 Å². The van der Waals surface area contributed by atoms with Gasteiger partial charge in [-0.15, -0.1) is 11.3 Å². The van der Waals surface area contributed by atoms with Gasteiger partial charge in [-0.25, -0.2) is 18.1 Å². The predicted molar refractivity (Wildman–Crippen MR) is 75.2 cm³/mol. The highest BCUT2D eigenvalue weighted by molar-refractivity contribution is 7.89. The second-order valence-electron chi connectivity index (χ2n) is 4.07. The van der Waals surface area contributed by atoms with Crippen molar-refractivity contribution in [2.45, 2.75) is 26.3 Å². The van der Waals surface area contributed by atoms with Crippen molar-refractivity contribution < 1.29 is 8.42 Å². The molecule has 6 heteroatoms. The van der Waals surface area contributed by atoms with Crippen LogP contribution in [0, 0.1) is 0 Å². The molecule has 18 heavy (non-hydrogen) atoms. The highest BCUT2D eigenvalue weighted by Gasteiger charge is 2.10. The second kappa shape index (κ2) is 5.77. The van der Waals surface area contributed by atoms with Crippen LogP contribution in [0.5, 0.6) is 0 Å². The number of sulfonamides is 1. The van der Waals surface area contributed by atoms with Crippen molar-refractivity contribution in [3.05, 3.63) is 29.3 Å². The van der Waals surface area contributed by atoms with E-state index < -0.39 is 10.0 Å². The molecule has 1 aromatic carbocycles. The first kappa shape index (κ1) is 13.5. The number of unbranched alkanes of at least 4 members (excludes halogenated alkanes) is 1. The van der Waals surface area contributed by atoms with Crippen molar-refractivity contribution in [1.82, 2.24) is 9.71 Å². The molecule has 0 unspecified atom stereocenters. The molecule has 0 saturated heterocycles. The number of para-hydroxylation sites is 1. The van der Waals surface area contributed by atoms with Gasteiger partial charge in [0.2, 0.25) is 10.0 Å². The molecule has 2 rings (SSSR count). The molecule has 0 amide bonds. The molecular formula is C12H16N2O2S2. The monoisotopic (exact) mass is 284 g/mol. The Morgan fingerprint density at radius 1 is 1.33 bits per heavy atom. The van der Waals surface area contributed by atoms with Crippen molar-refractivity contribution in [2.24, 2.45) is 0 Å². The molecule has 4 nitrogen and oxygen atoms in total. The van der Waals surface area contributed by atoms with Crippen LogP contribution in [0.15, 0.2) is 24.3 Å². The van der Waals surface area contributed by atoms with E-state index in [2.05, 4.69) is 9.71 Å². The lowest BCUT2D eigenvalue weighted by atomic mass is 10.3. The van der Waals surface area contributed by atoms with E-state index in [0.717, 1.165) is 21.6 Å². The van der Waals surface area contributed by atoms with E-state index in [-0.39, 0.29) is 12.3 Å². The number of hydrogen-bond donors (Lipinski definition) is 1. The Bertz CT molecular complexity index is 587. The normalized spacial score (nSPS) is 12.1. The van der Waals surface area contributed by atoms with Crippen molar-refractivity contribution in [3.63, 3.8) is 0 Å². The van der Waals surface area contributed by atoms with E-state index in [1.807, 2.05) is 31.2 Å². The number of hydrogen-bond acceptors (Lipinski definition) is 4. The molecule has 2 aromatic rings. The number of aromatic nitrogens is 1. The first-order chi connectivity index (χ1) is 8.61. The summed E-state index contributed by atoms with van der Waals surface area (Å²) in [5.74, 6) is 0.189. The lowest BCUT2D eigenvalue weighted by Crippen LogP contribution is -2.25. The Kier molecular flexibility index (Phi) is 4.31. The van der Waals surface area contributed by atoms with Gasteiger partial charge in [-0.1, -0.05) is 25.5 Å². The fourth-order valence-corrected chi connectivity index (χ4v) is 3.74. The Morgan fingerprint density at radius 3 is 2.83 bits per heavy atom. The first-order valence-electron chi connectivity index (χ1n) is 5.92. The van der Waals surface area contributed by atoms with E-state index in [9.17, 15) is 8.42 Å². The summed E-state index contributed by atoms with van der Waals surface area (Å²) >= 11 is 1.52. The summed E-state index contributed by atoms with van der Waals surface area (Å²) in [5.41, 5.74) is 0.922. The third-order valence-electron chi connectivity index (χ3n) is 2.55. The van der Waals surface area contributed by atoms with E-state index in [1.165, 1.54) is 11.3 Å². The van der Waals surface area contributed by atoms with Gasteiger partial charge in [0.15, 0.2) is 0 Å². The lowest BCUT2D eigenvalue weighted by Gasteiger charge is -2.03. The number of nitrogens with one attached hydrogen (secondary N) is 1. The number of benzene rings is 1. The summed E-state index contributed by atoms with van der Waals surface area (Å²) in [7, 11) is -3.16. The summed E-state index contributed by atoms with van der Waals surface area (Å²) < 4.78 is 27.0. The third kappa shape index (κ3) is 3.51. The number of rotatable bonds is 6. The molecule has 0 radical (unpaired) electrons. The van der Waals surface area contributed by atoms with E-state index in [4.69, 9.17) is 0 Å². The first-order valence-corrected chi connectivity index (χ1v) is 8.39. The van der Waals surface area contributed by atoms with Crippen molar-refractivity contribution >= 4 is 31.6 Å². The van der Waals surface area contributed by atoms with Gasteiger partial charge in [0.1, 0.15) is 5.01 Å². The van der Waals surface area contributed by atoms with Gasteiger partial charge in [0, 0.05) is 0 Å². The van der Waals surface area contributed by atoms with Crippen molar-refractivity contribution in [3.8, 4) is 0 Å². The smallest absolute Gasteiger partial charge is 0.211 e. The molecule has 1 heterocycles. The van der Waals surface area contributed by atoms with Crippen LogP contribution >= 0.6 is 11.3 Å². The molecule has 98 valence electrons. The summed E-state index contributed by atoms with van der Waals surface area (Å²) in [5, 5.41) is 0.802. The Hall–Kier alpha value is -0.980. The SMILES string of the molecule is CCCCS(=O)(=O)NCc1nc2ccccc2s1. The van der Waals surface area contributed by atoms with Crippen LogP contribution in [-0.2, 0) is 16.6 Å². The molecule has 0 bridgehead atoms. The molecule has 0 aliphatic rings. The van der Waals surface area contributed by atoms with Gasteiger partial charge < -0.3 is 0 Å². The third-order valence-corrected chi connectivity index (χ3v) is 4.99. The lowest BCUT2D eigenvalue weighted by molar-refractivity contribution is 0.578.